The summed E-state index contributed by atoms with van der Waals surface area (Å²) in [5, 5.41) is 5.00. The van der Waals surface area contributed by atoms with E-state index < -0.39 is 0 Å². The van der Waals surface area contributed by atoms with Crippen molar-refractivity contribution in [3.63, 3.8) is 0 Å². The first kappa shape index (κ1) is 14.5. The number of hydrogen-bond donors (Lipinski definition) is 1. The smallest absolute Gasteiger partial charge is 0.258 e. The van der Waals surface area contributed by atoms with Crippen molar-refractivity contribution >= 4 is 10.9 Å². The quantitative estimate of drug-likeness (QED) is 0.609. The van der Waals surface area contributed by atoms with Crippen LogP contribution < -0.4 is 5.56 Å². The van der Waals surface area contributed by atoms with Gasteiger partial charge in [-0.3, -0.25) is 4.79 Å². The van der Waals surface area contributed by atoms with Crippen molar-refractivity contribution in [2.75, 3.05) is 0 Å². The first-order valence-electron chi connectivity index (χ1n) is 7.79. The Hall–Kier alpha value is -3.08. The van der Waals surface area contributed by atoms with Gasteiger partial charge in [0, 0.05) is 17.8 Å². The molecule has 4 rings (SSSR count). The Balaban J connectivity index is 2.23. The molecule has 0 saturated carbocycles. The second-order valence-corrected chi connectivity index (χ2v) is 6.02. The van der Waals surface area contributed by atoms with Gasteiger partial charge in [0.15, 0.2) is 0 Å². The van der Waals surface area contributed by atoms with E-state index in [1.807, 2.05) is 62.0 Å². The molecule has 0 radical (unpaired) electrons. The third-order valence-electron chi connectivity index (χ3n) is 4.29. The van der Waals surface area contributed by atoms with Crippen LogP contribution in [-0.4, -0.2) is 14.7 Å². The van der Waals surface area contributed by atoms with Gasteiger partial charge in [-0.2, -0.15) is 0 Å². The Morgan fingerprint density at radius 1 is 1.08 bits per heavy atom. The largest absolute Gasteiger partial charge is 0.361 e. The molecule has 24 heavy (non-hydrogen) atoms. The van der Waals surface area contributed by atoms with E-state index in [1.165, 1.54) is 0 Å². The van der Waals surface area contributed by atoms with Crippen LogP contribution in [0.5, 0.6) is 0 Å². The molecule has 0 atom stereocenters. The molecule has 120 valence electrons. The molecule has 3 aromatic heterocycles. The first-order valence-corrected chi connectivity index (χ1v) is 7.79. The van der Waals surface area contributed by atoms with E-state index in [0.29, 0.717) is 17.0 Å². The number of rotatable bonds is 2. The Kier molecular flexibility index (Phi) is 3.16. The van der Waals surface area contributed by atoms with E-state index in [1.54, 1.807) is 0 Å². The normalized spacial score (nSPS) is 11.3. The summed E-state index contributed by atoms with van der Waals surface area (Å²) in [6, 6.07) is 9.91. The second kappa shape index (κ2) is 5.23. The lowest BCUT2D eigenvalue weighted by molar-refractivity contribution is 0.393. The molecule has 0 saturated heterocycles. The number of aromatic amines is 1. The fraction of sp³-hybridized carbons (Fsp3) is 0.158. The van der Waals surface area contributed by atoms with E-state index >= 15 is 0 Å². The van der Waals surface area contributed by atoms with Gasteiger partial charge >= 0.3 is 0 Å². The highest BCUT2D eigenvalue weighted by molar-refractivity contribution is 5.95. The summed E-state index contributed by atoms with van der Waals surface area (Å²) in [4.78, 5) is 15.9. The number of aromatic nitrogens is 3. The maximum Gasteiger partial charge on any atom is 0.258 e. The van der Waals surface area contributed by atoms with Gasteiger partial charge in [0.1, 0.15) is 5.76 Å². The average Bonchev–Trinajstić information content (AvgIpc) is 3.18. The molecular weight excluding hydrogens is 302 g/mol. The summed E-state index contributed by atoms with van der Waals surface area (Å²) in [5.41, 5.74) is 4.68. The second-order valence-electron chi connectivity index (χ2n) is 6.02. The fourth-order valence-corrected chi connectivity index (χ4v) is 3.21. The standard InChI is InChI=1S/C19H17N3O2/c1-11-6-7-15-14(10-11)18(22-8-4-5-9-22)17(19(23)20-15)16-12(2)21-24-13(16)3/h4-10H,1-3H3,(H,20,23). The van der Waals surface area contributed by atoms with Crippen LogP contribution in [0.1, 0.15) is 17.0 Å². The van der Waals surface area contributed by atoms with Gasteiger partial charge in [-0.15, -0.1) is 0 Å². The summed E-state index contributed by atoms with van der Waals surface area (Å²) in [7, 11) is 0. The van der Waals surface area contributed by atoms with Gasteiger partial charge in [-0.05, 0) is 45.0 Å². The lowest BCUT2D eigenvalue weighted by Crippen LogP contribution is -2.14. The molecule has 1 aromatic carbocycles. The third kappa shape index (κ3) is 2.09. The first-order chi connectivity index (χ1) is 11.6. The van der Waals surface area contributed by atoms with Crippen molar-refractivity contribution in [1.82, 2.24) is 14.7 Å². The number of fused-ring (bicyclic) bond motifs is 1. The van der Waals surface area contributed by atoms with Gasteiger partial charge in [0.25, 0.3) is 5.56 Å². The number of nitrogens with one attached hydrogen (secondary N) is 1. The van der Waals surface area contributed by atoms with Gasteiger partial charge in [0.05, 0.1) is 28.0 Å². The van der Waals surface area contributed by atoms with Crippen LogP contribution in [0.15, 0.2) is 52.0 Å². The molecular formula is C19H17N3O2. The molecule has 5 nitrogen and oxygen atoms in total. The van der Waals surface area contributed by atoms with Crippen LogP contribution in [0, 0.1) is 20.8 Å². The van der Waals surface area contributed by atoms with Crippen LogP contribution in [0.3, 0.4) is 0 Å². The van der Waals surface area contributed by atoms with Crippen LogP contribution in [-0.2, 0) is 0 Å². The van der Waals surface area contributed by atoms with E-state index in [9.17, 15) is 4.79 Å². The van der Waals surface area contributed by atoms with Crippen molar-refractivity contribution in [2.24, 2.45) is 0 Å². The highest BCUT2D eigenvalue weighted by Gasteiger charge is 2.22. The molecule has 3 heterocycles. The number of hydrogen-bond acceptors (Lipinski definition) is 3. The Morgan fingerprint density at radius 3 is 2.50 bits per heavy atom. The van der Waals surface area contributed by atoms with E-state index in [-0.39, 0.29) is 5.56 Å². The van der Waals surface area contributed by atoms with Crippen molar-refractivity contribution < 1.29 is 4.52 Å². The van der Waals surface area contributed by atoms with Gasteiger partial charge < -0.3 is 14.1 Å². The predicted molar refractivity (Wildman–Crippen MR) is 93.6 cm³/mol. The number of benzene rings is 1. The number of nitrogens with zero attached hydrogens (tertiary/aromatic N) is 2. The van der Waals surface area contributed by atoms with E-state index in [4.69, 9.17) is 4.52 Å². The van der Waals surface area contributed by atoms with Crippen molar-refractivity contribution in [2.45, 2.75) is 20.8 Å². The van der Waals surface area contributed by atoms with Crippen molar-refractivity contribution in [3.05, 3.63) is 70.1 Å². The molecule has 0 aliphatic rings. The molecule has 0 amide bonds. The van der Waals surface area contributed by atoms with Gasteiger partial charge in [-0.25, -0.2) is 0 Å². The van der Waals surface area contributed by atoms with Gasteiger partial charge in [0.2, 0.25) is 0 Å². The molecule has 0 bridgehead atoms. The molecule has 0 fully saturated rings. The number of aryl methyl sites for hydroxylation is 3. The van der Waals surface area contributed by atoms with Crippen molar-refractivity contribution in [1.29, 1.82) is 0 Å². The zero-order valence-electron chi connectivity index (χ0n) is 13.8. The SMILES string of the molecule is Cc1ccc2[nH]c(=O)c(-c3c(C)noc3C)c(-n3cccc3)c2c1. The summed E-state index contributed by atoms with van der Waals surface area (Å²) < 4.78 is 7.27. The summed E-state index contributed by atoms with van der Waals surface area (Å²) >= 11 is 0. The van der Waals surface area contributed by atoms with Crippen LogP contribution >= 0.6 is 0 Å². The minimum Gasteiger partial charge on any atom is -0.361 e. The fourth-order valence-electron chi connectivity index (χ4n) is 3.21. The summed E-state index contributed by atoms with van der Waals surface area (Å²) in [5.74, 6) is 0.637. The molecule has 0 aliphatic carbocycles. The maximum absolute atomic E-state index is 12.9. The molecule has 0 aliphatic heterocycles. The van der Waals surface area contributed by atoms with Crippen LogP contribution in [0.2, 0.25) is 0 Å². The predicted octanol–water partition coefficient (Wildman–Crippen LogP) is 3.90. The minimum atomic E-state index is -0.149. The monoisotopic (exact) mass is 319 g/mol. The summed E-state index contributed by atoms with van der Waals surface area (Å²) in [6.07, 6.45) is 3.89. The Labute approximate surface area is 138 Å². The topological polar surface area (TPSA) is 63.8 Å². The number of H-pyrrole nitrogens is 1. The lowest BCUT2D eigenvalue weighted by atomic mass is 9.99. The number of pyridine rings is 1. The molecule has 0 spiro atoms. The minimum absolute atomic E-state index is 0.149. The van der Waals surface area contributed by atoms with Crippen LogP contribution in [0.4, 0.5) is 0 Å². The van der Waals surface area contributed by atoms with Gasteiger partial charge in [-0.1, -0.05) is 16.8 Å². The highest BCUT2D eigenvalue weighted by Crippen LogP contribution is 2.33. The van der Waals surface area contributed by atoms with E-state index in [2.05, 4.69) is 16.2 Å². The lowest BCUT2D eigenvalue weighted by Gasteiger charge is -2.14. The Bertz CT molecular complexity index is 1080. The molecule has 5 heteroatoms. The average molecular weight is 319 g/mol. The van der Waals surface area contributed by atoms with E-state index in [0.717, 1.165) is 27.7 Å². The zero-order valence-corrected chi connectivity index (χ0v) is 13.8. The molecule has 4 aromatic rings. The molecule has 1 N–H and O–H groups in total. The Morgan fingerprint density at radius 2 is 1.83 bits per heavy atom. The maximum atomic E-state index is 12.9. The van der Waals surface area contributed by atoms with Crippen molar-refractivity contribution in [3.8, 4) is 16.8 Å². The highest BCUT2D eigenvalue weighted by atomic mass is 16.5. The zero-order chi connectivity index (χ0) is 16.8. The third-order valence-corrected chi connectivity index (χ3v) is 4.29. The summed E-state index contributed by atoms with van der Waals surface area (Å²) in [6.45, 7) is 5.72. The molecule has 0 unspecified atom stereocenters. The van der Waals surface area contributed by atoms with Crippen LogP contribution in [0.25, 0.3) is 27.7 Å².